The lowest BCUT2D eigenvalue weighted by atomic mass is 10.1. The second-order valence-electron chi connectivity index (χ2n) is 6.46. The molecule has 1 aliphatic heterocycles. The largest absolute Gasteiger partial charge is 0.364 e. The highest BCUT2D eigenvalue weighted by atomic mass is 32.2. The van der Waals surface area contributed by atoms with E-state index in [9.17, 15) is 26.0 Å². The fourth-order valence-corrected chi connectivity index (χ4v) is 4.59. The van der Waals surface area contributed by atoms with Gasteiger partial charge in [-0.1, -0.05) is 25.5 Å². The maximum atomic E-state index is 13.9. The number of piperazine rings is 1. The Hall–Kier alpha value is -2.20. The number of pyridine rings is 1. The van der Waals surface area contributed by atoms with Gasteiger partial charge in [-0.25, -0.2) is 8.42 Å². The van der Waals surface area contributed by atoms with Crippen LogP contribution >= 0.6 is 0 Å². The molecule has 0 atom stereocenters. The average molecular weight is 417 g/mol. The van der Waals surface area contributed by atoms with Crippen LogP contribution in [0.2, 0.25) is 0 Å². The van der Waals surface area contributed by atoms with Gasteiger partial charge in [0.2, 0.25) is 21.7 Å². The molecule has 0 saturated carbocycles. The van der Waals surface area contributed by atoms with Crippen LogP contribution in [0.4, 0.5) is 23.2 Å². The van der Waals surface area contributed by atoms with E-state index in [1.54, 1.807) is 12.1 Å². The molecule has 1 fully saturated rings. The summed E-state index contributed by atoms with van der Waals surface area (Å²) in [6, 6.07) is 6.55. The molecule has 0 bridgehead atoms. The van der Waals surface area contributed by atoms with E-state index < -0.39 is 39.2 Å². The van der Waals surface area contributed by atoms with Crippen molar-refractivity contribution in [3.63, 3.8) is 0 Å². The van der Waals surface area contributed by atoms with Crippen molar-refractivity contribution in [1.29, 1.82) is 0 Å². The number of hydrogen-bond acceptors (Lipinski definition) is 4. The van der Waals surface area contributed by atoms with Gasteiger partial charge in [0.15, 0.2) is 0 Å². The van der Waals surface area contributed by atoms with E-state index in [1.165, 1.54) is 16.4 Å². The number of aromatic nitrogens is 1. The highest BCUT2D eigenvalue weighted by molar-refractivity contribution is 7.89. The molecule has 152 valence electrons. The predicted octanol–water partition coefficient (Wildman–Crippen LogP) is 3.10. The van der Waals surface area contributed by atoms with E-state index in [0.29, 0.717) is 0 Å². The highest BCUT2D eigenvalue weighted by Crippen LogP contribution is 2.28. The lowest BCUT2D eigenvalue weighted by Crippen LogP contribution is -2.49. The smallest absolute Gasteiger partial charge is 0.253 e. The van der Waals surface area contributed by atoms with Crippen LogP contribution in [0.3, 0.4) is 0 Å². The fraction of sp³-hybridized carbons (Fsp3) is 0.389. The van der Waals surface area contributed by atoms with Gasteiger partial charge < -0.3 is 4.90 Å². The van der Waals surface area contributed by atoms with E-state index >= 15 is 0 Å². The summed E-state index contributed by atoms with van der Waals surface area (Å²) >= 11 is 0. The molecule has 1 aromatic heterocycles. The van der Waals surface area contributed by atoms with Crippen LogP contribution < -0.4 is 4.90 Å². The number of aryl methyl sites for hydroxylation is 1. The van der Waals surface area contributed by atoms with E-state index in [4.69, 9.17) is 0 Å². The topological polar surface area (TPSA) is 53.5 Å². The van der Waals surface area contributed by atoms with Crippen LogP contribution in [0.5, 0.6) is 0 Å². The minimum Gasteiger partial charge on any atom is -0.364 e. The first-order chi connectivity index (χ1) is 13.3. The van der Waals surface area contributed by atoms with Gasteiger partial charge in [-0.2, -0.15) is 26.9 Å². The zero-order chi connectivity index (χ0) is 20.5. The highest BCUT2D eigenvalue weighted by Gasteiger charge is 2.32. The fourth-order valence-electron chi connectivity index (χ4n) is 3.17. The van der Waals surface area contributed by atoms with Gasteiger partial charge in [0.1, 0.15) is 5.69 Å². The lowest BCUT2D eigenvalue weighted by Gasteiger charge is -2.35. The van der Waals surface area contributed by atoms with Crippen LogP contribution in [0.1, 0.15) is 18.9 Å². The van der Waals surface area contributed by atoms with Gasteiger partial charge in [-0.05, 0) is 24.1 Å². The molecular weight excluding hydrogens is 398 g/mol. The number of rotatable bonds is 5. The van der Waals surface area contributed by atoms with Gasteiger partial charge in [0, 0.05) is 26.2 Å². The molecule has 0 N–H and O–H groups in total. The van der Waals surface area contributed by atoms with Crippen LogP contribution in [0.15, 0.2) is 29.2 Å². The minimum absolute atomic E-state index is 0.0799. The quantitative estimate of drug-likeness (QED) is 0.554. The molecule has 0 unspecified atom stereocenters. The molecule has 1 aromatic carbocycles. The van der Waals surface area contributed by atoms with Crippen LogP contribution in [-0.2, 0) is 16.4 Å². The Morgan fingerprint density at radius 1 is 0.929 bits per heavy atom. The van der Waals surface area contributed by atoms with Crippen molar-refractivity contribution >= 4 is 15.7 Å². The Morgan fingerprint density at radius 3 is 1.96 bits per heavy atom. The Bertz CT molecular complexity index is 934. The number of sulfonamides is 1. The molecule has 1 aliphatic rings. The third-order valence-corrected chi connectivity index (χ3v) is 6.54. The number of nitrogens with zero attached hydrogens (tertiary/aromatic N) is 3. The molecular formula is C18H19F4N3O2S. The van der Waals surface area contributed by atoms with Crippen molar-refractivity contribution in [2.24, 2.45) is 0 Å². The Labute approximate surface area is 160 Å². The molecule has 0 spiro atoms. The molecule has 0 aliphatic carbocycles. The van der Waals surface area contributed by atoms with E-state index in [1.807, 2.05) is 6.92 Å². The summed E-state index contributed by atoms with van der Waals surface area (Å²) in [5, 5.41) is 0. The first kappa shape index (κ1) is 20.5. The van der Waals surface area contributed by atoms with Gasteiger partial charge in [-0.3, -0.25) is 0 Å². The van der Waals surface area contributed by atoms with E-state index in [2.05, 4.69) is 4.98 Å². The van der Waals surface area contributed by atoms with Gasteiger partial charge in [0.05, 0.1) is 4.90 Å². The number of benzene rings is 1. The predicted molar refractivity (Wildman–Crippen MR) is 95.5 cm³/mol. The normalized spacial score (nSPS) is 15.8. The summed E-state index contributed by atoms with van der Waals surface area (Å²) < 4.78 is 81.2. The Balaban J connectivity index is 1.77. The molecule has 1 saturated heterocycles. The molecule has 3 rings (SSSR count). The lowest BCUT2D eigenvalue weighted by molar-refractivity contribution is 0.369. The summed E-state index contributed by atoms with van der Waals surface area (Å²) in [5.41, 5.74) is 0.157. The van der Waals surface area contributed by atoms with Crippen LogP contribution in [0.25, 0.3) is 0 Å². The molecule has 28 heavy (non-hydrogen) atoms. The zero-order valence-corrected chi connectivity index (χ0v) is 15.9. The number of anilines is 1. The number of halogens is 4. The first-order valence-corrected chi connectivity index (χ1v) is 10.2. The summed E-state index contributed by atoms with van der Waals surface area (Å²) in [4.78, 5) is 3.73. The third kappa shape index (κ3) is 3.83. The second kappa shape index (κ2) is 8.04. The van der Waals surface area contributed by atoms with Gasteiger partial charge >= 0.3 is 0 Å². The van der Waals surface area contributed by atoms with Crippen molar-refractivity contribution in [2.75, 3.05) is 31.1 Å². The van der Waals surface area contributed by atoms with Crippen molar-refractivity contribution in [3.05, 3.63) is 53.4 Å². The standard InChI is InChI=1S/C18H19F4N3O2S/c1-2-3-12-4-6-13(7-5-12)28(26,27)25-10-8-24(9-11-25)16-14(19)17(21)23-18(22)15(16)20/h4-7H,2-3,8-11H2,1H3. The average Bonchev–Trinajstić information content (AvgIpc) is 2.68. The molecule has 5 nitrogen and oxygen atoms in total. The van der Waals surface area contributed by atoms with Crippen molar-refractivity contribution in [1.82, 2.24) is 9.29 Å². The molecule has 2 heterocycles. The van der Waals surface area contributed by atoms with Crippen molar-refractivity contribution in [2.45, 2.75) is 24.7 Å². The number of hydrogen-bond donors (Lipinski definition) is 0. The second-order valence-corrected chi connectivity index (χ2v) is 8.39. The monoisotopic (exact) mass is 417 g/mol. The van der Waals surface area contributed by atoms with Gasteiger partial charge in [0.25, 0.3) is 11.9 Å². The van der Waals surface area contributed by atoms with E-state index in [0.717, 1.165) is 23.3 Å². The molecule has 10 heteroatoms. The molecule has 0 amide bonds. The SMILES string of the molecule is CCCc1ccc(S(=O)(=O)N2CCN(c3c(F)c(F)nc(F)c3F)CC2)cc1. The maximum absolute atomic E-state index is 13.9. The third-order valence-electron chi connectivity index (χ3n) is 4.63. The minimum atomic E-state index is -3.78. The Morgan fingerprint density at radius 2 is 1.46 bits per heavy atom. The summed E-state index contributed by atoms with van der Waals surface area (Å²) in [7, 11) is -3.78. The first-order valence-electron chi connectivity index (χ1n) is 8.79. The van der Waals surface area contributed by atoms with Crippen LogP contribution in [-0.4, -0.2) is 43.9 Å². The summed E-state index contributed by atoms with van der Waals surface area (Å²) in [6.07, 6.45) is 1.78. The molecule has 2 aromatic rings. The zero-order valence-electron chi connectivity index (χ0n) is 15.1. The van der Waals surface area contributed by atoms with Gasteiger partial charge in [-0.15, -0.1) is 0 Å². The van der Waals surface area contributed by atoms with E-state index in [-0.39, 0.29) is 31.1 Å². The Kier molecular flexibility index (Phi) is 5.90. The van der Waals surface area contributed by atoms with Crippen LogP contribution in [0, 0.1) is 23.5 Å². The van der Waals surface area contributed by atoms with Crippen molar-refractivity contribution < 1.29 is 26.0 Å². The molecule has 0 radical (unpaired) electrons. The summed E-state index contributed by atoms with van der Waals surface area (Å²) in [6.45, 7) is 1.62. The summed E-state index contributed by atoms with van der Waals surface area (Å²) in [5.74, 6) is -6.67. The van der Waals surface area contributed by atoms with Crippen molar-refractivity contribution in [3.8, 4) is 0 Å². The maximum Gasteiger partial charge on any atom is 0.253 e.